The SMILES string of the molecule is CC(C)OC(=O)c1ccc(NC(=O)CCN2C(=O)[C@H]3[C@H](C2=O)C2(Cl)c4ccccc4C3(Cl)c3ccccc32)cc1. The Labute approximate surface area is 241 Å². The summed E-state index contributed by atoms with van der Waals surface area (Å²) in [7, 11) is 0. The van der Waals surface area contributed by atoms with Crippen molar-refractivity contribution in [3.8, 4) is 0 Å². The second-order valence-corrected chi connectivity index (χ2v) is 11.8. The third-order valence-electron chi connectivity index (χ3n) is 7.99. The third-order valence-corrected chi connectivity index (χ3v) is 9.27. The van der Waals surface area contributed by atoms with Crippen LogP contribution in [0.3, 0.4) is 0 Å². The van der Waals surface area contributed by atoms with E-state index in [1.165, 1.54) is 0 Å². The molecule has 0 spiro atoms. The predicted octanol–water partition coefficient (Wildman–Crippen LogP) is 5.17. The highest BCUT2D eigenvalue weighted by molar-refractivity contribution is 6.36. The molecule has 204 valence electrons. The van der Waals surface area contributed by atoms with Gasteiger partial charge < -0.3 is 10.1 Å². The Morgan fingerprint density at radius 1 is 0.825 bits per heavy atom. The van der Waals surface area contributed by atoms with Gasteiger partial charge in [0.15, 0.2) is 0 Å². The average molecular weight is 577 g/mol. The maximum Gasteiger partial charge on any atom is 0.338 e. The van der Waals surface area contributed by atoms with Crippen LogP contribution >= 0.6 is 23.2 Å². The van der Waals surface area contributed by atoms with E-state index in [0.717, 1.165) is 27.2 Å². The zero-order chi connectivity index (χ0) is 28.4. The first-order valence-electron chi connectivity index (χ1n) is 13.1. The molecule has 9 heteroatoms. The number of benzene rings is 3. The molecule has 1 aliphatic heterocycles. The number of halogens is 2. The lowest BCUT2D eigenvalue weighted by atomic mass is 9.54. The van der Waals surface area contributed by atoms with Crippen LogP contribution in [0.25, 0.3) is 0 Å². The average Bonchev–Trinajstić information content (AvgIpc) is 3.20. The summed E-state index contributed by atoms with van der Waals surface area (Å²) in [4.78, 5) is 51.1. The molecule has 1 N–H and O–H groups in total. The lowest BCUT2D eigenvalue weighted by molar-refractivity contribution is -0.140. The van der Waals surface area contributed by atoms with E-state index in [-0.39, 0.29) is 25.0 Å². The number of esters is 1. The Morgan fingerprint density at radius 2 is 1.27 bits per heavy atom. The maximum absolute atomic E-state index is 13.8. The predicted molar refractivity (Wildman–Crippen MR) is 150 cm³/mol. The van der Waals surface area contributed by atoms with Crippen LogP contribution in [-0.4, -0.2) is 41.2 Å². The molecule has 1 heterocycles. The van der Waals surface area contributed by atoms with Crippen molar-refractivity contribution in [3.05, 3.63) is 101 Å². The number of hydrogen-bond acceptors (Lipinski definition) is 5. The Morgan fingerprint density at radius 3 is 1.70 bits per heavy atom. The number of anilines is 1. The molecule has 3 aromatic rings. The van der Waals surface area contributed by atoms with Gasteiger partial charge in [-0.05, 0) is 60.4 Å². The molecule has 1 fully saturated rings. The molecule has 7 nitrogen and oxygen atoms in total. The van der Waals surface area contributed by atoms with Gasteiger partial charge in [-0.1, -0.05) is 48.5 Å². The molecular formula is C31H26Cl2N2O5. The van der Waals surface area contributed by atoms with Crippen LogP contribution < -0.4 is 5.32 Å². The van der Waals surface area contributed by atoms with Crippen molar-refractivity contribution in [2.24, 2.45) is 11.8 Å². The minimum absolute atomic E-state index is 0.109. The monoisotopic (exact) mass is 576 g/mol. The number of amides is 3. The summed E-state index contributed by atoms with van der Waals surface area (Å²) in [5, 5.41) is 2.75. The van der Waals surface area contributed by atoms with E-state index < -0.39 is 39.4 Å². The van der Waals surface area contributed by atoms with Gasteiger partial charge in [-0.15, -0.1) is 23.2 Å². The quantitative estimate of drug-likeness (QED) is 0.248. The summed E-state index contributed by atoms with van der Waals surface area (Å²) in [6.07, 6.45) is -0.356. The molecule has 0 aromatic heterocycles. The van der Waals surface area contributed by atoms with Gasteiger partial charge in [-0.25, -0.2) is 4.79 Å². The molecule has 40 heavy (non-hydrogen) atoms. The van der Waals surface area contributed by atoms with Gasteiger partial charge in [-0.3, -0.25) is 19.3 Å². The second kappa shape index (κ2) is 9.46. The molecule has 2 atom stereocenters. The van der Waals surface area contributed by atoms with Crippen molar-refractivity contribution < 1.29 is 23.9 Å². The number of alkyl halides is 2. The summed E-state index contributed by atoms with van der Waals surface area (Å²) in [5.41, 5.74) is 3.76. The van der Waals surface area contributed by atoms with Crippen LogP contribution in [0.15, 0.2) is 72.8 Å². The van der Waals surface area contributed by atoms with Crippen LogP contribution in [0, 0.1) is 11.8 Å². The molecule has 4 aliphatic rings. The largest absolute Gasteiger partial charge is 0.459 e. The number of ether oxygens (including phenoxy) is 1. The Bertz CT molecular complexity index is 1450. The minimum Gasteiger partial charge on any atom is -0.459 e. The van der Waals surface area contributed by atoms with Crippen LogP contribution in [-0.2, 0) is 28.9 Å². The number of carbonyl (C=O) groups excluding carboxylic acids is 4. The van der Waals surface area contributed by atoms with Crippen LogP contribution in [0.1, 0.15) is 52.9 Å². The number of nitrogens with one attached hydrogen (secondary N) is 1. The molecule has 0 unspecified atom stereocenters. The summed E-state index contributed by atoms with van der Waals surface area (Å²) in [6.45, 7) is 3.42. The smallest absolute Gasteiger partial charge is 0.338 e. The van der Waals surface area contributed by atoms with E-state index in [9.17, 15) is 19.2 Å². The zero-order valence-corrected chi connectivity index (χ0v) is 23.3. The van der Waals surface area contributed by atoms with Crippen LogP contribution in [0.2, 0.25) is 0 Å². The van der Waals surface area contributed by atoms with Gasteiger partial charge in [-0.2, -0.15) is 0 Å². The number of rotatable bonds is 6. The summed E-state index contributed by atoms with van der Waals surface area (Å²) >= 11 is 14.8. The van der Waals surface area contributed by atoms with Crippen molar-refractivity contribution >= 4 is 52.6 Å². The highest BCUT2D eigenvalue weighted by Crippen LogP contribution is 2.69. The zero-order valence-electron chi connectivity index (χ0n) is 21.8. The van der Waals surface area contributed by atoms with E-state index in [2.05, 4.69) is 5.32 Å². The standard InChI is InChI=1S/C31H26Cl2N2O5/c1-17(2)40-29(39)18-11-13-19(14-12-18)34-24(36)15-16-35-27(37)25-26(28(35)38)31(33)21-8-4-3-7-20(21)30(25,32)22-9-5-6-10-23(22)31/h3-14,17,25-26H,15-16H2,1-2H3,(H,34,36)/t25-,26-,30?,31?/m1/s1. The number of nitrogens with zero attached hydrogens (tertiary/aromatic N) is 1. The van der Waals surface area contributed by atoms with Crippen molar-refractivity contribution in [1.29, 1.82) is 0 Å². The summed E-state index contributed by atoms with van der Waals surface area (Å²) in [5.74, 6) is -3.49. The van der Waals surface area contributed by atoms with Crippen LogP contribution in [0.5, 0.6) is 0 Å². The van der Waals surface area contributed by atoms with Crippen molar-refractivity contribution in [2.45, 2.75) is 36.1 Å². The van der Waals surface area contributed by atoms with Gasteiger partial charge in [0.05, 0.1) is 23.5 Å². The van der Waals surface area contributed by atoms with Crippen LogP contribution in [0.4, 0.5) is 5.69 Å². The van der Waals surface area contributed by atoms with Gasteiger partial charge in [0, 0.05) is 18.7 Å². The number of hydrogen-bond donors (Lipinski definition) is 1. The van der Waals surface area contributed by atoms with Gasteiger partial charge in [0.1, 0.15) is 9.75 Å². The minimum atomic E-state index is -1.25. The topological polar surface area (TPSA) is 92.8 Å². The summed E-state index contributed by atoms with van der Waals surface area (Å²) in [6, 6.07) is 21.2. The Hall–Kier alpha value is -3.68. The van der Waals surface area contributed by atoms with E-state index >= 15 is 0 Å². The molecule has 2 bridgehead atoms. The summed E-state index contributed by atoms with van der Waals surface area (Å²) < 4.78 is 5.17. The molecule has 3 amide bonds. The molecule has 0 radical (unpaired) electrons. The fraction of sp³-hybridized carbons (Fsp3) is 0.290. The van der Waals surface area contributed by atoms with Gasteiger partial charge >= 0.3 is 5.97 Å². The highest BCUT2D eigenvalue weighted by Gasteiger charge is 2.72. The fourth-order valence-electron chi connectivity index (χ4n) is 6.35. The second-order valence-electron chi connectivity index (χ2n) is 10.6. The molecule has 7 rings (SSSR count). The van der Waals surface area contributed by atoms with Crippen molar-refractivity contribution in [3.63, 3.8) is 0 Å². The number of carbonyl (C=O) groups is 4. The molecule has 3 aromatic carbocycles. The third kappa shape index (κ3) is 3.71. The Balaban J connectivity index is 1.22. The number of imide groups is 1. The van der Waals surface area contributed by atoms with Crippen molar-refractivity contribution in [2.75, 3.05) is 11.9 Å². The Kier molecular flexibility index (Phi) is 6.28. The normalized spacial score (nSPS) is 25.9. The lowest BCUT2D eigenvalue weighted by Crippen LogP contribution is -2.57. The first-order valence-corrected chi connectivity index (χ1v) is 13.9. The molecule has 3 aliphatic carbocycles. The number of likely N-dealkylation sites (tertiary alicyclic amines) is 1. The molecule has 0 saturated carbocycles. The molecular weight excluding hydrogens is 551 g/mol. The first kappa shape index (κ1) is 26.5. The van der Waals surface area contributed by atoms with E-state index in [0.29, 0.717) is 11.3 Å². The highest BCUT2D eigenvalue weighted by atomic mass is 35.5. The van der Waals surface area contributed by atoms with Crippen molar-refractivity contribution in [1.82, 2.24) is 4.90 Å². The molecule has 1 saturated heterocycles. The fourth-order valence-corrected chi connectivity index (χ4v) is 7.45. The van der Waals surface area contributed by atoms with E-state index in [1.54, 1.807) is 38.1 Å². The lowest BCUT2D eigenvalue weighted by Gasteiger charge is -2.54. The van der Waals surface area contributed by atoms with Gasteiger partial charge in [0.2, 0.25) is 17.7 Å². The first-order chi connectivity index (χ1) is 19.1. The maximum atomic E-state index is 13.8. The van der Waals surface area contributed by atoms with E-state index in [1.807, 2.05) is 48.5 Å². The van der Waals surface area contributed by atoms with E-state index in [4.69, 9.17) is 27.9 Å². The van der Waals surface area contributed by atoms with Gasteiger partial charge in [0.25, 0.3) is 0 Å².